The maximum Gasteiger partial charge on any atom is 0.239 e. The smallest absolute Gasteiger partial charge is 0.239 e. The van der Waals surface area contributed by atoms with Gasteiger partial charge in [-0.3, -0.25) is 9.59 Å². The second kappa shape index (κ2) is 8.03. The third-order valence-electron chi connectivity index (χ3n) is 2.50. The monoisotopic (exact) mass is 243 g/mol. The first-order valence-electron chi connectivity index (χ1n) is 6.08. The normalized spacial score (nSPS) is 19.0. The zero-order chi connectivity index (χ0) is 12.5. The predicted molar refractivity (Wildman–Crippen MR) is 63.5 cm³/mol. The van der Waals surface area contributed by atoms with Crippen molar-refractivity contribution >= 4 is 11.8 Å². The van der Waals surface area contributed by atoms with Gasteiger partial charge < -0.3 is 20.7 Å². The topological polar surface area (TPSA) is 79.5 Å². The molecule has 1 aliphatic rings. The van der Waals surface area contributed by atoms with E-state index in [9.17, 15) is 9.59 Å². The van der Waals surface area contributed by atoms with Crippen molar-refractivity contribution < 1.29 is 14.3 Å². The molecule has 1 heterocycles. The summed E-state index contributed by atoms with van der Waals surface area (Å²) >= 11 is 0. The van der Waals surface area contributed by atoms with Crippen molar-refractivity contribution in [3.05, 3.63) is 0 Å². The van der Waals surface area contributed by atoms with Gasteiger partial charge in [0.15, 0.2) is 0 Å². The van der Waals surface area contributed by atoms with E-state index >= 15 is 0 Å². The van der Waals surface area contributed by atoms with E-state index in [0.29, 0.717) is 13.1 Å². The quantitative estimate of drug-likeness (QED) is 0.536. The minimum atomic E-state index is -0.172. The van der Waals surface area contributed by atoms with Gasteiger partial charge in [-0.25, -0.2) is 0 Å². The maximum absolute atomic E-state index is 11.3. The summed E-state index contributed by atoms with van der Waals surface area (Å²) in [6, 6.07) is 0. The number of likely N-dealkylation sites (N-methyl/N-ethyl adjacent to an activating group) is 1. The first kappa shape index (κ1) is 13.9. The second-order valence-corrected chi connectivity index (χ2v) is 4.00. The van der Waals surface area contributed by atoms with Crippen molar-refractivity contribution in [3.63, 3.8) is 0 Å². The van der Waals surface area contributed by atoms with Crippen LogP contribution in [0.1, 0.15) is 19.8 Å². The molecule has 98 valence electrons. The number of carbonyl (C=O) groups excluding carboxylic acids is 2. The highest BCUT2D eigenvalue weighted by Crippen LogP contribution is 2.10. The van der Waals surface area contributed by atoms with E-state index < -0.39 is 0 Å². The molecule has 1 aliphatic heterocycles. The molecule has 6 nitrogen and oxygen atoms in total. The molecule has 0 aromatic heterocycles. The van der Waals surface area contributed by atoms with Crippen molar-refractivity contribution in [1.29, 1.82) is 0 Å². The lowest BCUT2D eigenvalue weighted by atomic mass is 10.2. The van der Waals surface area contributed by atoms with Crippen LogP contribution in [-0.4, -0.2) is 50.7 Å². The van der Waals surface area contributed by atoms with Crippen LogP contribution in [0.15, 0.2) is 0 Å². The number of hydrogen-bond acceptors (Lipinski definition) is 4. The minimum Gasteiger partial charge on any atom is -0.377 e. The summed E-state index contributed by atoms with van der Waals surface area (Å²) in [6.07, 6.45) is 2.37. The average Bonchev–Trinajstić information content (AvgIpc) is 2.80. The van der Waals surface area contributed by atoms with Crippen molar-refractivity contribution in [2.45, 2.75) is 25.9 Å². The Morgan fingerprint density at radius 3 is 2.65 bits per heavy atom. The van der Waals surface area contributed by atoms with Gasteiger partial charge in [0.1, 0.15) is 0 Å². The molecule has 3 N–H and O–H groups in total. The van der Waals surface area contributed by atoms with Crippen LogP contribution in [0.3, 0.4) is 0 Å². The summed E-state index contributed by atoms with van der Waals surface area (Å²) < 4.78 is 5.41. The molecule has 6 heteroatoms. The molecule has 0 saturated carbocycles. The van der Waals surface area contributed by atoms with Gasteiger partial charge in [0, 0.05) is 19.7 Å². The highest BCUT2D eigenvalue weighted by molar-refractivity contribution is 5.85. The summed E-state index contributed by atoms with van der Waals surface area (Å²) in [5.41, 5.74) is 0. The molecule has 17 heavy (non-hydrogen) atoms. The molecular weight excluding hydrogens is 222 g/mol. The maximum atomic E-state index is 11.3. The van der Waals surface area contributed by atoms with Crippen LogP contribution < -0.4 is 16.0 Å². The van der Waals surface area contributed by atoms with Crippen LogP contribution in [0.2, 0.25) is 0 Å². The molecule has 0 aromatic carbocycles. The van der Waals surface area contributed by atoms with Crippen LogP contribution in [0, 0.1) is 0 Å². The van der Waals surface area contributed by atoms with Crippen LogP contribution in [0.25, 0.3) is 0 Å². The number of hydrogen-bond donors (Lipinski definition) is 3. The molecule has 1 rings (SSSR count). The van der Waals surface area contributed by atoms with Gasteiger partial charge in [0.25, 0.3) is 0 Å². The molecule has 0 aromatic rings. The predicted octanol–water partition coefficient (Wildman–Crippen LogP) is -0.993. The molecule has 1 atom stereocenters. The zero-order valence-electron chi connectivity index (χ0n) is 10.3. The van der Waals surface area contributed by atoms with Gasteiger partial charge >= 0.3 is 0 Å². The Morgan fingerprint density at radius 2 is 2.00 bits per heavy atom. The molecular formula is C11H21N3O3. The standard InChI is InChI=1S/C11H21N3O3/c1-2-13-11(16)8-14-10(15)7-12-6-9-4-3-5-17-9/h9,12H,2-8H2,1H3,(H,13,16)(H,14,15). The van der Waals surface area contributed by atoms with E-state index in [1.807, 2.05) is 6.92 Å². The molecule has 0 spiro atoms. The molecule has 1 fully saturated rings. The van der Waals surface area contributed by atoms with Gasteiger partial charge in [0.05, 0.1) is 19.2 Å². The fraction of sp³-hybridized carbons (Fsp3) is 0.818. The van der Waals surface area contributed by atoms with E-state index in [4.69, 9.17) is 4.74 Å². The van der Waals surface area contributed by atoms with E-state index in [0.717, 1.165) is 19.4 Å². The fourth-order valence-electron chi connectivity index (χ4n) is 1.65. The SMILES string of the molecule is CCNC(=O)CNC(=O)CNCC1CCCO1. The van der Waals surface area contributed by atoms with Gasteiger partial charge in [0.2, 0.25) is 11.8 Å². The number of rotatable bonds is 7. The van der Waals surface area contributed by atoms with E-state index in [1.165, 1.54) is 0 Å². The molecule has 0 bridgehead atoms. The Bertz CT molecular complexity index is 252. The van der Waals surface area contributed by atoms with Gasteiger partial charge in [-0.2, -0.15) is 0 Å². The highest BCUT2D eigenvalue weighted by Gasteiger charge is 2.15. The molecule has 1 unspecified atom stereocenters. The summed E-state index contributed by atoms with van der Waals surface area (Å²) in [5.74, 6) is -0.339. The van der Waals surface area contributed by atoms with Crippen molar-refractivity contribution in [2.24, 2.45) is 0 Å². The lowest BCUT2D eigenvalue weighted by Crippen LogP contribution is -2.41. The average molecular weight is 243 g/mol. The van der Waals surface area contributed by atoms with Crippen LogP contribution >= 0.6 is 0 Å². The van der Waals surface area contributed by atoms with Crippen LogP contribution in [0.5, 0.6) is 0 Å². The molecule has 2 amide bonds. The third kappa shape index (κ3) is 6.23. The number of ether oxygens (including phenoxy) is 1. The lowest BCUT2D eigenvalue weighted by Gasteiger charge is -2.10. The lowest BCUT2D eigenvalue weighted by molar-refractivity contribution is -0.125. The van der Waals surface area contributed by atoms with Crippen LogP contribution in [0.4, 0.5) is 0 Å². The Morgan fingerprint density at radius 1 is 1.24 bits per heavy atom. The number of amides is 2. The number of nitrogens with one attached hydrogen (secondary N) is 3. The van der Waals surface area contributed by atoms with Gasteiger partial charge in [-0.1, -0.05) is 0 Å². The first-order valence-corrected chi connectivity index (χ1v) is 6.08. The highest BCUT2D eigenvalue weighted by atomic mass is 16.5. The van der Waals surface area contributed by atoms with E-state index in [1.54, 1.807) is 0 Å². The Kier molecular flexibility index (Phi) is 6.57. The summed E-state index contributed by atoms with van der Waals surface area (Å²) in [6.45, 7) is 4.17. The fourth-order valence-corrected chi connectivity index (χ4v) is 1.65. The second-order valence-electron chi connectivity index (χ2n) is 4.00. The molecule has 0 aliphatic carbocycles. The molecule has 0 radical (unpaired) electrons. The Hall–Kier alpha value is -1.14. The zero-order valence-corrected chi connectivity index (χ0v) is 10.3. The summed E-state index contributed by atoms with van der Waals surface area (Å²) in [5, 5.41) is 8.16. The van der Waals surface area contributed by atoms with Crippen molar-refractivity contribution in [3.8, 4) is 0 Å². The van der Waals surface area contributed by atoms with Gasteiger partial charge in [-0.15, -0.1) is 0 Å². The first-order chi connectivity index (χ1) is 8.22. The van der Waals surface area contributed by atoms with Gasteiger partial charge in [-0.05, 0) is 19.8 Å². The van der Waals surface area contributed by atoms with Crippen molar-refractivity contribution in [1.82, 2.24) is 16.0 Å². The Labute approximate surface area is 101 Å². The Balaban J connectivity index is 1.98. The molecule has 1 saturated heterocycles. The largest absolute Gasteiger partial charge is 0.377 e. The van der Waals surface area contributed by atoms with Crippen molar-refractivity contribution in [2.75, 3.05) is 32.8 Å². The van der Waals surface area contributed by atoms with E-state index in [2.05, 4.69) is 16.0 Å². The summed E-state index contributed by atoms with van der Waals surface area (Å²) in [4.78, 5) is 22.4. The van der Waals surface area contributed by atoms with Crippen LogP contribution in [-0.2, 0) is 14.3 Å². The minimum absolute atomic E-state index is 0.0360. The van der Waals surface area contributed by atoms with E-state index in [-0.39, 0.29) is 31.0 Å². The number of carbonyl (C=O) groups is 2. The third-order valence-corrected chi connectivity index (χ3v) is 2.50. The summed E-state index contributed by atoms with van der Waals surface area (Å²) in [7, 11) is 0.